The summed E-state index contributed by atoms with van der Waals surface area (Å²) < 4.78 is 5.76. The second kappa shape index (κ2) is 3.62. The van der Waals surface area contributed by atoms with Crippen molar-refractivity contribution in [2.24, 2.45) is 5.92 Å². The molecule has 0 saturated heterocycles. The molecule has 1 aliphatic carbocycles. The molecule has 0 amide bonds. The fraction of sp³-hybridized carbons (Fsp3) is 0.333. The Balaban J connectivity index is 2.13. The summed E-state index contributed by atoms with van der Waals surface area (Å²) in [6, 6.07) is 6.95. The zero-order chi connectivity index (χ0) is 12.9. The van der Waals surface area contributed by atoms with Gasteiger partial charge in [-0.3, -0.25) is 9.59 Å². The van der Waals surface area contributed by atoms with Gasteiger partial charge in [-0.1, -0.05) is 36.4 Å². The lowest BCUT2D eigenvalue weighted by molar-refractivity contribution is -0.0504. The van der Waals surface area contributed by atoms with Crippen LogP contribution in [0.4, 0.5) is 0 Å². The first-order valence-electron chi connectivity index (χ1n) is 6.04. The maximum atomic E-state index is 12.4. The number of Topliss-reactive ketones (excluding diaryl/α,β-unsaturated/α-hetero) is 2. The summed E-state index contributed by atoms with van der Waals surface area (Å²) in [4.78, 5) is 24.7. The number of rotatable bonds is 0. The summed E-state index contributed by atoms with van der Waals surface area (Å²) >= 11 is 0. The second-order valence-electron chi connectivity index (χ2n) is 5.30. The van der Waals surface area contributed by atoms with E-state index in [1.807, 2.05) is 26.0 Å². The van der Waals surface area contributed by atoms with Gasteiger partial charge in [0.15, 0.2) is 11.6 Å². The molecule has 0 N–H and O–H groups in total. The van der Waals surface area contributed by atoms with Gasteiger partial charge in [0.25, 0.3) is 0 Å². The van der Waals surface area contributed by atoms with E-state index in [1.54, 1.807) is 24.3 Å². The van der Waals surface area contributed by atoms with Crippen LogP contribution in [-0.2, 0) is 4.74 Å². The molecular weight excluding hydrogens is 228 g/mol. The van der Waals surface area contributed by atoms with Crippen molar-refractivity contribution in [2.75, 3.05) is 0 Å². The van der Waals surface area contributed by atoms with Gasteiger partial charge in [-0.05, 0) is 13.8 Å². The third-order valence-electron chi connectivity index (χ3n) is 3.48. The molecule has 1 aromatic rings. The molecule has 0 fully saturated rings. The van der Waals surface area contributed by atoms with Gasteiger partial charge in [-0.25, -0.2) is 0 Å². The number of hydrogen-bond acceptors (Lipinski definition) is 3. The molecule has 2 atom stereocenters. The van der Waals surface area contributed by atoms with Crippen LogP contribution in [0.1, 0.15) is 34.6 Å². The van der Waals surface area contributed by atoms with E-state index in [1.165, 1.54) is 0 Å². The Kier molecular flexibility index (Phi) is 2.29. The smallest absolute Gasteiger partial charge is 0.193 e. The minimum atomic E-state index is -0.674. The third kappa shape index (κ3) is 1.55. The van der Waals surface area contributed by atoms with Crippen molar-refractivity contribution < 1.29 is 14.3 Å². The number of ether oxygens (including phenoxy) is 1. The number of carbonyl (C=O) groups is 2. The number of fused-ring (bicyclic) bond motifs is 2. The summed E-state index contributed by atoms with van der Waals surface area (Å²) in [5.74, 6) is -0.588. The molecule has 1 heterocycles. The summed E-state index contributed by atoms with van der Waals surface area (Å²) in [5.41, 5.74) is 0.496. The van der Waals surface area contributed by atoms with Crippen molar-refractivity contribution in [3.05, 3.63) is 47.5 Å². The normalized spacial score (nSPS) is 28.8. The SMILES string of the molecule is CC1(C)C=C[C@@H]2C(=O)c3ccccc3C(=O)[C@H]2O1. The molecule has 0 radical (unpaired) electrons. The molecule has 3 rings (SSSR count). The Morgan fingerprint density at radius 3 is 2.33 bits per heavy atom. The maximum absolute atomic E-state index is 12.4. The minimum absolute atomic E-state index is 0.0260. The highest BCUT2D eigenvalue weighted by Crippen LogP contribution is 2.35. The monoisotopic (exact) mass is 242 g/mol. The predicted molar refractivity (Wildman–Crippen MR) is 66.7 cm³/mol. The number of ketones is 2. The second-order valence-corrected chi connectivity index (χ2v) is 5.30. The van der Waals surface area contributed by atoms with Gasteiger partial charge < -0.3 is 4.74 Å². The highest BCUT2D eigenvalue weighted by molar-refractivity contribution is 6.17. The molecule has 0 unspecified atom stereocenters. The zero-order valence-electron chi connectivity index (χ0n) is 10.3. The zero-order valence-corrected chi connectivity index (χ0v) is 10.3. The van der Waals surface area contributed by atoms with Gasteiger partial charge in [0.1, 0.15) is 6.10 Å². The Labute approximate surface area is 105 Å². The van der Waals surface area contributed by atoms with Crippen LogP contribution in [0.5, 0.6) is 0 Å². The van der Waals surface area contributed by atoms with E-state index in [0.717, 1.165) is 0 Å². The molecule has 2 aliphatic rings. The summed E-state index contributed by atoms with van der Waals surface area (Å²) in [5, 5.41) is 0. The van der Waals surface area contributed by atoms with Gasteiger partial charge >= 0.3 is 0 Å². The van der Waals surface area contributed by atoms with Gasteiger partial charge in [0.2, 0.25) is 0 Å². The van der Waals surface area contributed by atoms with Gasteiger partial charge in [-0.15, -0.1) is 0 Å². The molecular formula is C15H14O3. The van der Waals surface area contributed by atoms with E-state index in [2.05, 4.69) is 0 Å². The lowest BCUT2D eigenvalue weighted by atomic mass is 9.77. The lowest BCUT2D eigenvalue weighted by Crippen LogP contribution is -2.48. The first-order valence-corrected chi connectivity index (χ1v) is 6.04. The third-order valence-corrected chi connectivity index (χ3v) is 3.48. The fourth-order valence-electron chi connectivity index (χ4n) is 2.56. The van der Waals surface area contributed by atoms with Crippen molar-refractivity contribution in [1.29, 1.82) is 0 Å². The number of benzene rings is 1. The highest BCUT2D eigenvalue weighted by Gasteiger charge is 2.45. The van der Waals surface area contributed by atoms with Crippen LogP contribution in [0.2, 0.25) is 0 Å². The van der Waals surface area contributed by atoms with Crippen LogP contribution in [0.25, 0.3) is 0 Å². The predicted octanol–water partition coefficient (Wildman–Crippen LogP) is 2.42. The van der Waals surface area contributed by atoms with Crippen molar-refractivity contribution in [1.82, 2.24) is 0 Å². The van der Waals surface area contributed by atoms with Crippen LogP contribution in [-0.4, -0.2) is 23.3 Å². The van der Waals surface area contributed by atoms with Crippen LogP contribution in [0.3, 0.4) is 0 Å². The molecule has 1 aliphatic heterocycles. The molecule has 0 aromatic heterocycles. The fourth-order valence-corrected chi connectivity index (χ4v) is 2.56. The van der Waals surface area contributed by atoms with Crippen LogP contribution < -0.4 is 0 Å². The average Bonchev–Trinajstić information content (AvgIpc) is 2.35. The van der Waals surface area contributed by atoms with Gasteiger partial charge in [-0.2, -0.15) is 0 Å². The summed E-state index contributed by atoms with van der Waals surface area (Å²) in [6.45, 7) is 3.77. The molecule has 0 bridgehead atoms. The largest absolute Gasteiger partial charge is 0.359 e. The average molecular weight is 242 g/mol. The van der Waals surface area contributed by atoms with Crippen LogP contribution >= 0.6 is 0 Å². The molecule has 3 heteroatoms. The van der Waals surface area contributed by atoms with E-state index >= 15 is 0 Å². The quantitative estimate of drug-likeness (QED) is 0.656. The van der Waals surface area contributed by atoms with E-state index in [9.17, 15) is 9.59 Å². The first kappa shape index (κ1) is 11.4. The standard InChI is InChI=1S/C15H14O3/c1-15(2)8-7-11-12(16)9-5-3-4-6-10(9)13(17)14(11)18-15/h3-8,11,14H,1-2H3/t11-,14+/m1/s1. The molecule has 18 heavy (non-hydrogen) atoms. The maximum Gasteiger partial charge on any atom is 0.193 e. The Hall–Kier alpha value is -1.74. The Morgan fingerprint density at radius 2 is 1.67 bits per heavy atom. The molecule has 3 nitrogen and oxygen atoms in total. The van der Waals surface area contributed by atoms with Crippen molar-refractivity contribution in [3.8, 4) is 0 Å². The van der Waals surface area contributed by atoms with Gasteiger partial charge in [0.05, 0.1) is 11.5 Å². The summed E-state index contributed by atoms with van der Waals surface area (Å²) in [7, 11) is 0. The Bertz CT molecular complexity index is 569. The number of carbonyl (C=O) groups excluding carboxylic acids is 2. The first-order chi connectivity index (χ1) is 8.49. The topological polar surface area (TPSA) is 43.4 Å². The highest BCUT2D eigenvalue weighted by atomic mass is 16.5. The minimum Gasteiger partial charge on any atom is -0.359 e. The number of hydrogen-bond donors (Lipinski definition) is 0. The van der Waals surface area contributed by atoms with Crippen molar-refractivity contribution in [3.63, 3.8) is 0 Å². The summed E-state index contributed by atoms with van der Waals surface area (Å²) in [6.07, 6.45) is 2.99. The van der Waals surface area contributed by atoms with Crippen LogP contribution in [0.15, 0.2) is 36.4 Å². The lowest BCUT2D eigenvalue weighted by Gasteiger charge is -2.38. The van der Waals surface area contributed by atoms with E-state index < -0.39 is 17.6 Å². The Morgan fingerprint density at radius 1 is 1.06 bits per heavy atom. The van der Waals surface area contributed by atoms with E-state index in [4.69, 9.17) is 4.74 Å². The van der Waals surface area contributed by atoms with Crippen molar-refractivity contribution in [2.45, 2.75) is 25.6 Å². The molecule has 92 valence electrons. The van der Waals surface area contributed by atoms with Gasteiger partial charge in [0, 0.05) is 11.1 Å². The molecule has 1 aromatic carbocycles. The van der Waals surface area contributed by atoms with Crippen molar-refractivity contribution >= 4 is 11.6 Å². The van der Waals surface area contributed by atoms with E-state index in [-0.39, 0.29) is 11.6 Å². The molecule has 0 spiro atoms. The molecule has 0 saturated carbocycles. The van der Waals surface area contributed by atoms with E-state index in [0.29, 0.717) is 11.1 Å². The van der Waals surface area contributed by atoms with Crippen LogP contribution in [0, 0.1) is 5.92 Å².